The monoisotopic (exact) mass is 217 g/mol. The van der Waals surface area contributed by atoms with Gasteiger partial charge in [-0.1, -0.05) is 0 Å². The zero-order valence-electron chi connectivity index (χ0n) is 9.47. The van der Waals surface area contributed by atoms with Gasteiger partial charge in [-0.2, -0.15) is 0 Å². The summed E-state index contributed by atoms with van der Waals surface area (Å²) in [4.78, 5) is 15.4. The molecule has 4 heteroatoms. The molecule has 16 heavy (non-hydrogen) atoms. The van der Waals surface area contributed by atoms with Gasteiger partial charge < -0.3 is 5.73 Å². The number of pyridine rings is 1. The van der Waals surface area contributed by atoms with Gasteiger partial charge in [0.1, 0.15) is 0 Å². The number of allylic oxidation sites excluding steroid dienone is 4. The molecule has 0 saturated carbocycles. The number of hydrogen-bond acceptors (Lipinski definition) is 3. The molecule has 0 saturated heterocycles. The minimum Gasteiger partial charge on any atom is -0.394 e. The highest BCUT2D eigenvalue weighted by Gasteiger charge is 1.99. The number of nitrogen functional groups attached to an aromatic ring is 1. The third-order valence-corrected chi connectivity index (χ3v) is 2.17. The van der Waals surface area contributed by atoms with E-state index in [1.807, 2.05) is 13.8 Å². The van der Waals surface area contributed by atoms with Crippen molar-refractivity contribution >= 4 is 18.1 Å². The summed E-state index contributed by atoms with van der Waals surface area (Å²) in [5.74, 6) is 0. The fraction of sp³-hybridized carbons (Fsp3) is 0.167. The summed E-state index contributed by atoms with van der Waals surface area (Å²) < 4.78 is 1.49. The van der Waals surface area contributed by atoms with Crippen molar-refractivity contribution in [2.75, 3.05) is 5.73 Å². The van der Waals surface area contributed by atoms with Crippen LogP contribution >= 0.6 is 0 Å². The van der Waals surface area contributed by atoms with Gasteiger partial charge in [0.05, 0.1) is 5.69 Å². The number of aromatic nitrogens is 1. The summed E-state index contributed by atoms with van der Waals surface area (Å²) >= 11 is 0. The Kier molecular flexibility index (Phi) is 3.83. The molecule has 0 fully saturated rings. The Balaban J connectivity index is 3.15. The van der Waals surface area contributed by atoms with E-state index < -0.39 is 0 Å². The molecule has 0 aliphatic heterocycles. The van der Waals surface area contributed by atoms with Crippen molar-refractivity contribution in [3.8, 4) is 0 Å². The molecule has 84 valence electrons. The van der Waals surface area contributed by atoms with Crippen LogP contribution in [0.4, 0.5) is 5.69 Å². The van der Waals surface area contributed by atoms with E-state index in [0.717, 1.165) is 11.4 Å². The van der Waals surface area contributed by atoms with Gasteiger partial charge in [0, 0.05) is 17.6 Å². The van der Waals surface area contributed by atoms with Crippen LogP contribution in [-0.4, -0.2) is 11.3 Å². The summed E-state index contributed by atoms with van der Waals surface area (Å²) in [6.07, 6.45) is 5.26. The molecule has 0 unspecified atom stereocenters. The lowest BCUT2D eigenvalue weighted by Gasteiger charge is -2.05. The molecule has 2 N–H and O–H groups in total. The number of nitrogens with zero attached hydrogens (tertiary/aromatic N) is 2. The third-order valence-electron chi connectivity index (χ3n) is 2.17. The average Bonchev–Trinajstić information content (AvgIpc) is 2.29. The minimum atomic E-state index is -0.214. The van der Waals surface area contributed by atoms with E-state index in [4.69, 9.17) is 5.73 Å². The maximum atomic E-state index is 11.7. The highest BCUT2D eigenvalue weighted by Crippen LogP contribution is 2.03. The molecule has 0 radical (unpaired) electrons. The molecule has 0 amide bonds. The molecule has 1 aromatic heterocycles. The summed E-state index contributed by atoms with van der Waals surface area (Å²) in [6, 6.07) is 3.31. The van der Waals surface area contributed by atoms with Gasteiger partial charge in [-0.15, -0.1) is 0 Å². The molecule has 0 aliphatic carbocycles. The summed E-state index contributed by atoms with van der Waals surface area (Å²) in [7, 11) is 0. The topological polar surface area (TPSA) is 60.4 Å². The quantitative estimate of drug-likeness (QED) is 0.621. The third kappa shape index (κ3) is 2.70. The lowest BCUT2D eigenvalue weighted by atomic mass is 10.3. The molecule has 1 heterocycles. The van der Waals surface area contributed by atoms with Crippen molar-refractivity contribution in [2.24, 2.45) is 4.99 Å². The fourth-order valence-electron chi connectivity index (χ4n) is 1.16. The van der Waals surface area contributed by atoms with Gasteiger partial charge in [0.25, 0.3) is 5.56 Å². The van der Waals surface area contributed by atoms with E-state index in [1.54, 1.807) is 30.5 Å². The second-order valence-corrected chi connectivity index (χ2v) is 3.41. The Morgan fingerprint density at radius 1 is 1.50 bits per heavy atom. The summed E-state index contributed by atoms with van der Waals surface area (Å²) in [5, 5.41) is 0. The predicted molar refractivity (Wildman–Crippen MR) is 68.4 cm³/mol. The molecular formula is C12H15N3O. The van der Waals surface area contributed by atoms with Gasteiger partial charge >= 0.3 is 0 Å². The van der Waals surface area contributed by atoms with Crippen LogP contribution in [0.1, 0.15) is 13.8 Å². The Bertz CT molecular complexity index is 509. The minimum absolute atomic E-state index is 0.214. The van der Waals surface area contributed by atoms with Crippen LogP contribution in [0, 0.1) is 0 Å². The van der Waals surface area contributed by atoms with Gasteiger partial charge in [-0.3, -0.25) is 14.4 Å². The number of nitrogens with two attached hydrogens (primary N) is 1. The van der Waals surface area contributed by atoms with E-state index in [1.165, 1.54) is 4.57 Å². The largest absolute Gasteiger partial charge is 0.394 e. The summed E-state index contributed by atoms with van der Waals surface area (Å²) in [6.45, 7) is 7.07. The molecule has 1 aromatic rings. The number of aliphatic imine (C=N–C) groups is 1. The maximum Gasteiger partial charge on any atom is 0.277 e. The van der Waals surface area contributed by atoms with Gasteiger partial charge in [0.15, 0.2) is 0 Å². The van der Waals surface area contributed by atoms with Crippen LogP contribution in [-0.2, 0) is 0 Å². The van der Waals surface area contributed by atoms with Crippen molar-refractivity contribution in [3.05, 3.63) is 46.5 Å². The molecule has 0 aliphatic rings. The second-order valence-electron chi connectivity index (χ2n) is 3.41. The number of anilines is 1. The van der Waals surface area contributed by atoms with Crippen LogP contribution in [0.5, 0.6) is 0 Å². The molecule has 4 nitrogen and oxygen atoms in total. The van der Waals surface area contributed by atoms with Crippen LogP contribution in [0.2, 0.25) is 0 Å². The van der Waals surface area contributed by atoms with Crippen LogP contribution < -0.4 is 11.3 Å². The Morgan fingerprint density at radius 2 is 2.19 bits per heavy atom. The van der Waals surface area contributed by atoms with Gasteiger partial charge in [0.2, 0.25) is 0 Å². The second kappa shape index (κ2) is 5.11. The molecule has 1 rings (SSSR count). The molecular weight excluding hydrogens is 202 g/mol. The Labute approximate surface area is 94.4 Å². The van der Waals surface area contributed by atoms with E-state index in [0.29, 0.717) is 0 Å². The molecule has 0 bridgehead atoms. The lowest BCUT2D eigenvalue weighted by Crippen LogP contribution is -2.20. The first-order valence-corrected chi connectivity index (χ1v) is 4.85. The Morgan fingerprint density at radius 3 is 2.81 bits per heavy atom. The zero-order valence-corrected chi connectivity index (χ0v) is 9.47. The van der Waals surface area contributed by atoms with Crippen LogP contribution in [0.25, 0.3) is 5.70 Å². The van der Waals surface area contributed by atoms with Crippen molar-refractivity contribution in [1.29, 1.82) is 0 Å². The number of hydrogen-bond donors (Lipinski definition) is 1. The van der Waals surface area contributed by atoms with E-state index in [9.17, 15) is 4.79 Å². The van der Waals surface area contributed by atoms with E-state index >= 15 is 0 Å². The van der Waals surface area contributed by atoms with E-state index in [-0.39, 0.29) is 11.2 Å². The molecule has 0 spiro atoms. The predicted octanol–water partition coefficient (Wildman–Crippen LogP) is 1.90. The lowest BCUT2D eigenvalue weighted by molar-refractivity contribution is 1.01. The first-order chi connectivity index (χ1) is 7.56. The average molecular weight is 217 g/mol. The molecule has 0 aromatic carbocycles. The highest BCUT2D eigenvalue weighted by atomic mass is 16.1. The van der Waals surface area contributed by atoms with Crippen molar-refractivity contribution in [1.82, 2.24) is 4.57 Å². The van der Waals surface area contributed by atoms with Crippen molar-refractivity contribution in [2.45, 2.75) is 13.8 Å². The SMILES string of the molecule is C=N/C(C)=C\C=C(/C)n1cccc(N)c1=O. The van der Waals surface area contributed by atoms with Crippen LogP contribution in [0.3, 0.4) is 0 Å². The first kappa shape index (κ1) is 12.0. The Hall–Kier alpha value is -2.10. The van der Waals surface area contributed by atoms with Gasteiger partial charge in [-0.05, 0) is 44.8 Å². The smallest absolute Gasteiger partial charge is 0.277 e. The standard InChI is InChI=1S/C12H15N3O/c1-9(14-3)6-7-10(2)15-8-4-5-11(13)12(15)16/h4-8H,3,13H2,1-2H3/b9-6-,10-7+. The first-order valence-electron chi connectivity index (χ1n) is 4.85. The fourth-order valence-corrected chi connectivity index (χ4v) is 1.16. The van der Waals surface area contributed by atoms with Crippen LogP contribution in [0.15, 0.2) is 46.0 Å². The number of rotatable bonds is 3. The highest BCUT2D eigenvalue weighted by molar-refractivity contribution is 5.49. The van der Waals surface area contributed by atoms with E-state index in [2.05, 4.69) is 11.7 Å². The van der Waals surface area contributed by atoms with Crippen molar-refractivity contribution < 1.29 is 0 Å². The normalized spacial score (nSPS) is 12.6. The van der Waals surface area contributed by atoms with Gasteiger partial charge in [-0.25, -0.2) is 0 Å². The maximum absolute atomic E-state index is 11.7. The molecule has 0 atom stereocenters. The zero-order chi connectivity index (χ0) is 12.1. The van der Waals surface area contributed by atoms with Crippen molar-refractivity contribution in [3.63, 3.8) is 0 Å². The summed E-state index contributed by atoms with van der Waals surface area (Å²) in [5.41, 5.74) is 7.12.